The van der Waals surface area contributed by atoms with Crippen molar-refractivity contribution in [1.82, 2.24) is 15.0 Å². The number of hydrogen-bond acceptors (Lipinski definition) is 15. The van der Waals surface area contributed by atoms with E-state index in [4.69, 9.17) is 13.8 Å². The van der Waals surface area contributed by atoms with Crippen molar-refractivity contribution in [3.63, 3.8) is 0 Å². The van der Waals surface area contributed by atoms with Crippen LogP contribution in [0.2, 0.25) is 0 Å². The SMILES string of the molecule is O=[N+]([O-])c1cc(Nc2nc(NCCS(=O)(=O)O)nc(Nc3cccc(S(=O)(=O)O)c3)n2)ccc1OCCCS(=O)(=O)O. The number of anilines is 5. The lowest BCUT2D eigenvalue weighted by atomic mass is 10.2. The molecular weight excluding hydrogens is 626 g/mol. The van der Waals surface area contributed by atoms with E-state index in [0.29, 0.717) is 0 Å². The number of nitro benzene ring substituents is 1. The first kappa shape index (κ1) is 32.3. The van der Waals surface area contributed by atoms with E-state index in [1.165, 1.54) is 24.3 Å². The Kier molecular flexibility index (Phi) is 10.1. The first-order valence-electron chi connectivity index (χ1n) is 11.4. The van der Waals surface area contributed by atoms with Crippen LogP contribution in [0.25, 0.3) is 0 Å². The van der Waals surface area contributed by atoms with Gasteiger partial charge >= 0.3 is 5.69 Å². The highest BCUT2D eigenvalue weighted by atomic mass is 32.2. The van der Waals surface area contributed by atoms with Crippen LogP contribution in [0.4, 0.5) is 34.9 Å². The number of nitrogens with zero attached hydrogens (tertiary/aromatic N) is 4. The summed E-state index contributed by atoms with van der Waals surface area (Å²) in [6.07, 6.45) is -0.128. The van der Waals surface area contributed by atoms with Gasteiger partial charge in [-0.1, -0.05) is 6.07 Å². The number of ether oxygens (including phenoxy) is 1. The molecule has 228 valence electrons. The van der Waals surface area contributed by atoms with Crippen LogP contribution in [0.1, 0.15) is 6.42 Å². The topological polar surface area (TPSA) is 290 Å². The van der Waals surface area contributed by atoms with E-state index in [0.717, 1.165) is 18.2 Å². The zero-order valence-corrected chi connectivity index (χ0v) is 23.6. The summed E-state index contributed by atoms with van der Waals surface area (Å²) in [5.41, 5.74) is -0.300. The predicted octanol–water partition coefficient (Wildman–Crippen LogP) is 1.47. The first-order chi connectivity index (χ1) is 19.5. The molecule has 2 aromatic carbocycles. The molecule has 0 saturated carbocycles. The maximum Gasteiger partial charge on any atom is 0.312 e. The van der Waals surface area contributed by atoms with Crippen molar-refractivity contribution in [2.45, 2.75) is 11.3 Å². The molecule has 0 radical (unpaired) electrons. The Morgan fingerprint density at radius 1 is 0.810 bits per heavy atom. The molecule has 0 amide bonds. The Hall–Kier alpha value is -4.22. The van der Waals surface area contributed by atoms with Crippen LogP contribution in [-0.4, -0.2) is 83.4 Å². The summed E-state index contributed by atoms with van der Waals surface area (Å²) in [5.74, 6) is -2.12. The molecule has 0 aliphatic rings. The Bertz CT molecular complexity index is 1790. The highest BCUT2D eigenvalue weighted by molar-refractivity contribution is 7.86. The fourth-order valence-electron chi connectivity index (χ4n) is 3.13. The van der Waals surface area contributed by atoms with Gasteiger partial charge in [0.25, 0.3) is 30.4 Å². The lowest BCUT2D eigenvalue weighted by Crippen LogP contribution is -2.17. The molecular formula is C20H23N7O12S3. The van der Waals surface area contributed by atoms with Gasteiger partial charge in [0.2, 0.25) is 17.8 Å². The highest BCUT2D eigenvalue weighted by Gasteiger charge is 2.18. The molecule has 42 heavy (non-hydrogen) atoms. The van der Waals surface area contributed by atoms with Crippen LogP contribution in [0.5, 0.6) is 5.75 Å². The summed E-state index contributed by atoms with van der Waals surface area (Å²) >= 11 is 0. The van der Waals surface area contributed by atoms with Crippen LogP contribution in [0.15, 0.2) is 47.4 Å². The third kappa shape index (κ3) is 10.6. The van der Waals surface area contributed by atoms with Gasteiger partial charge < -0.3 is 20.7 Å². The average molecular weight is 650 g/mol. The Balaban J connectivity index is 1.88. The van der Waals surface area contributed by atoms with E-state index >= 15 is 0 Å². The molecule has 19 nitrogen and oxygen atoms in total. The van der Waals surface area contributed by atoms with E-state index < -0.39 is 57.4 Å². The Labute approximate surface area is 238 Å². The molecule has 1 aromatic heterocycles. The summed E-state index contributed by atoms with van der Waals surface area (Å²) in [6.45, 7) is -0.567. The zero-order valence-electron chi connectivity index (χ0n) is 21.1. The Morgan fingerprint density at radius 2 is 1.40 bits per heavy atom. The van der Waals surface area contributed by atoms with Crippen molar-refractivity contribution in [2.75, 3.05) is 40.6 Å². The van der Waals surface area contributed by atoms with Gasteiger partial charge in [-0.25, -0.2) is 0 Å². The van der Waals surface area contributed by atoms with Crippen LogP contribution in [-0.2, 0) is 30.4 Å². The van der Waals surface area contributed by atoms with Gasteiger partial charge in [0, 0.05) is 24.0 Å². The fourth-order valence-corrected chi connectivity index (χ4v) is 4.50. The lowest BCUT2D eigenvalue weighted by Gasteiger charge is -2.12. The molecule has 0 atom stereocenters. The van der Waals surface area contributed by atoms with Crippen LogP contribution >= 0.6 is 0 Å². The van der Waals surface area contributed by atoms with E-state index in [-0.39, 0.29) is 54.5 Å². The number of rotatable bonds is 15. The zero-order chi connectivity index (χ0) is 31.1. The van der Waals surface area contributed by atoms with Crippen molar-refractivity contribution < 1.29 is 48.6 Å². The normalized spacial score (nSPS) is 12.0. The fraction of sp³-hybridized carbons (Fsp3) is 0.250. The summed E-state index contributed by atoms with van der Waals surface area (Å²) in [5, 5.41) is 19.6. The summed E-state index contributed by atoms with van der Waals surface area (Å²) in [7, 11) is -13.1. The lowest BCUT2D eigenvalue weighted by molar-refractivity contribution is -0.385. The predicted molar refractivity (Wildman–Crippen MR) is 147 cm³/mol. The number of nitrogens with one attached hydrogen (secondary N) is 3. The minimum Gasteiger partial charge on any atom is -0.487 e. The smallest absolute Gasteiger partial charge is 0.312 e. The number of benzene rings is 2. The summed E-state index contributed by atoms with van der Waals surface area (Å²) < 4.78 is 99.0. The van der Waals surface area contributed by atoms with Crippen molar-refractivity contribution in [1.29, 1.82) is 0 Å². The van der Waals surface area contributed by atoms with Crippen LogP contribution in [0, 0.1) is 10.1 Å². The van der Waals surface area contributed by atoms with Crippen molar-refractivity contribution >= 4 is 65.3 Å². The van der Waals surface area contributed by atoms with Gasteiger partial charge in [0.05, 0.1) is 27.9 Å². The maximum atomic E-state index is 11.6. The standard InChI is InChI=1S/C20H23N7O12S3/c28-27(29)16-12-14(5-6-17(16)39-8-2-9-40(30,31)32)23-20-25-18(21-7-10-41(33,34)35)24-19(26-20)22-13-3-1-4-15(11-13)42(36,37)38/h1,3-6,11-12H,2,7-10H2,(H,30,31,32)(H,33,34,35)(H,36,37,38)(H3,21,22,23,24,25,26). The van der Waals surface area contributed by atoms with Gasteiger partial charge in [0.15, 0.2) is 5.75 Å². The van der Waals surface area contributed by atoms with E-state index in [1.807, 2.05) is 0 Å². The second kappa shape index (κ2) is 13.2. The molecule has 0 aliphatic carbocycles. The van der Waals surface area contributed by atoms with Crippen molar-refractivity contribution in [2.24, 2.45) is 0 Å². The number of hydrogen-bond donors (Lipinski definition) is 6. The minimum atomic E-state index is -4.53. The quantitative estimate of drug-likeness (QED) is 0.0587. The largest absolute Gasteiger partial charge is 0.487 e. The Morgan fingerprint density at radius 3 is 1.98 bits per heavy atom. The average Bonchev–Trinajstić information content (AvgIpc) is 2.85. The molecule has 0 saturated heterocycles. The maximum absolute atomic E-state index is 11.6. The minimum absolute atomic E-state index is 0.0846. The van der Waals surface area contributed by atoms with Crippen molar-refractivity contribution in [3.8, 4) is 5.75 Å². The van der Waals surface area contributed by atoms with Gasteiger partial charge in [0.1, 0.15) is 0 Å². The molecule has 1 heterocycles. The van der Waals surface area contributed by atoms with Gasteiger partial charge in [-0.15, -0.1) is 0 Å². The third-order valence-electron chi connectivity index (χ3n) is 4.88. The van der Waals surface area contributed by atoms with Crippen LogP contribution in [0.3, 0.4) is 0 Å². The van der Waals surface area contributed by atoms with Gasteiger partial charge in [-0.05, 0) is 36.8 Å². The van der Waals surface area contributed by atoms with Gasteiger partial charge in [-0.3, -0.25) is 23.8 Å². The second-order valence-corrected chi connectivity index (χ2v) is 12.8. The molecule has 3 aromatic rings. The monoisotopic (exact) mass is 649 g/mol. The van der Waals surface area contributed by atoms with E-state index in [2.05, 4.69) is 30.9 Å². The molecule has 0 fully saturated rings. The third-order valence-corrected chi connectivity index (χ3v) is 7.26. The first-order valence-corrected chi connectivity index (χ1v) is 16.1. The molecule has 3 rings (SSSR count). The highest BCUT2D eigenvalue weighted by Crippen LogP contribution is 2.31. The molecule has 0 bridgehead atoms. The number of aromatic nitrogens is 3. The van der Waals surface area contributed by atoms with E-state index in [9.17, 15) is 39.9 Å². The second-order valence-electron chi connectivity index (χ2n) is 8.20. The van der Waals surface area contributed by atoms with Gasteiger partial charge in [-0.2, -0.15) is 40.2 Å². The number of nitro groups is 1. The molecule has 0 aliphatic heterocycles. The van der Waals surface area contributed by atoms with E-state index in [1.54, 1.807) is 0 Å². The van der Waals surface area contributed by atoms with Crippen LogP contribution < -0.4 is 20.7 Å². The molecule has 22 heteroatoms. The molecule has 0 spiro atoms. The molecule has 6 N–H and O–H groups in total. The summed E-state index contributed by atoms with van der Waals surface area (Å²) in [6, 6.07) is 8.60. The summed E-state index contributed by atoms with van der Waals surface area (Å²) in [4.78, 5) is 22.6. The molecule has 0 unspecified atom stereocenters. The van der Waals surface area contributed by atoms with Crippen molar-refractivity contribution in [3.05, 3.63) is 52.6 Å².